The number of hydrogen-bond donors (Lipinski definition) is 3. The van der Waals surface area contributed by atoms with Crippen LogP contribution in [0, 0.1) is 0 Å². The van der Waals surface area contributed by atoms with E-state index < -0.39 is 10.4 Å². The Hall–Kier alpha value is 0.410. The van der Waals surface area contributed by atoms with Gasteiger partial charge in [-0.05, 0) is 0 Å². The Balaban J connectivity index is -0.0000000326. The van der Waals surface area contributed by atoms with E-state index in [4.69, 9.17) is 22.6 Å². The summed E-state index contributed by atoms with van der Waals surface area (Å²) < 4.78 is 31.6. The molecule has 7 heteroatoms. The first-order chi connectivity index (χ1) is 3.41. The van der Waals surface area contributed by atoms with Crippen LogP contribution in [-0.2, 0) is 10.4 Å². The van der Waals surface area contributed by atoms with Crippen LogP contribution in [0.1, 0.15) is 1.43 Å². The molecule has 0 bridgehead atoms. The summed E-state index contributed by atoms with van der Waals surface area (Å²) in [6.07, 6.45) is 0.750. The van der Waals surface area contributed by atoms with Crippen LogP contribution < -0.4 is 29.6 Å². The minimum absolute atomic E-state index is 0. The summed E-state index contributed by atoms with van der Waals surface area (Å²) in [5, 5.41) is 7.33. The van der Waals surface area contributed by atoms with E-state index in [2.05, 4.69) is 6.58 Å². The van der Waals surface area contributed by atoms with Crippen molar-refractivity contribution in [1.82, 2.24) is 0 Å². The van der Waals surface area contributed by atoms with Crippen LogP contribution in [0.15, 0.2) is 12.8 Å². The molecule has 52 valence electrons. The third-order valence-corrected chi connectivity index (χ3v) is 0. The van der Waals surface area contributed by atoms with E-state index in [-0.39, 0.29) is 31.0 Å². The SMILES string of the molecule is C=CO.O=S(=O)(O)O.[H-].[Na+]. The molecule has 0 saturated carbocycles. The molecule has 5 nitrogen and oxygen atoms in total. The van der Waals surface area contributed by atoms with Crippen LogP contribution in [0.4, 0.5) is 0 Å². The Morgan fingerprint density at radius 1 is 1.44 bits per heavy atom. The number of hydrogen-bond acceptors (Lipinski definition) is 3. The molecule has 0 heterocycles. The van der Waals surface area contributed by atoms with Crippen LogP contribution in [0.3, 0.4) is 0 Å². The molecule has 0 aromatic carbocycles. The molecule has 0 aliphatic carbocycles. The van der Waals surface area contributed by atoms with Crippen molar-refractivity contribution < 1.29 is 53.6 Å². The van der Waals surface area contributed by atoms with Gasteiger partial charge in [0.1, 0.15) is 0 Å². The number of rotatable bonds is 0. The summed E-state index contributed by atoms with van der Waals surface area (Å²) in [6, 6.07) is 0. The standard InChI is InChI=1S/C2H4O.Na.H2O4S.H/c1-2-3;;1-5(2,3)4;/h2-3H,1H2;;(H2,1,2,3,4);/q;+1;;-1. The second kappa shape index (κ2) is 8.41. The van der Waals surface area contributed by atoms with E-state index in [1.165, 1.54) is 0 Å². The van der Waals surface area contributed by atoms with Crippen molar-refractivity contribution >= 4 is 10.4 Å². The van der Waals surface area contributed by atoms with Crippen LogP contribution in [0.2, 0.25) is 0 Å². The van der Waals surface area contributed by atoms with Gasteiger partial charge in [-0.1, -0.05) is 6.58 Å². The summed E-state index contributed by atoms with van der Waals surface area (Å²) in [6.45, 7) is 2.92. The van der Waals surface area contributed by atoms with Crippen LogP contribution in [0.5, 0.6) is 0 Å². The van der Waals surface area contributed by atoms with Crippen molar-refractivity contribution in [2.24, 2.45) is 0 Å². The van der Waals surface area contributed by atoms with Gasteiger partial charge in [-0.25, -0.2) is 0 Å². The zero-order valence-corrected chi connectivity index (χ0v) is 7.67. The summed E-state index contributed by atoms with van der Waals surface area (Å²) in [5.41, 5.74) is 0. The zero-order chi connectivity index (χ0) is 7.21. The second-order valence-corrected chi connectivity index (χ2v) is 1.53. The summed E-state index contributed by atoms with van der Waals surface area (Å²) in [7, 11) is -4.67. The van der Waals surface area contributed by atoms with Gasteiger partial charge in [0.05, 0.1) is 6.26 Å². The summed E-state index contributed by atoms with van der Waals surface area (Å²) >= 11 is 0. The van der Waals surface area contributed by atoms with E-state index in [0.29, 0.717) is 0 Å². The van der Waals surface area contributed by atoms with Crippen LogP contribution in [0.25, 0.3) is 0 Å². The maximum absolute atomic E-state index is 8.74. The predicted octanol–water partition coefficient (Wildman–Crippen LogP) is -2.85. The molecule has 0 atom stereocenters. The van der Waals surface area contributed by atoms with Crippen molar-refractivity contribution in [2.45, 2.75) is 0 Å². The van der Waals surface area contributed by atoms with E-state index in [9.17, 15) is 0 Å². The van der Waals surface area contributed by atoms with Crippen molar-refractivity contribution in [2.75, 3.05) is 0 Å². The van der Waals surface area contributed by atoms with Gasteiger partial charge < -0.3 is 6.53 Å². The normalized spacial score (nSPS) is 7.78. The Morgan fingerprint density at radius 3 is 1.44 bits per heavy atom. The molecule has 0 unspecified atom stereocenters. The van der Waals surface area contributed by atoms with Gasteiger partial charge in [0.25, 0.3) is 0 Å². The Morgan fingerprint density at radius 2 is 1.44 bits per heavy atom. The first kappa shape index (κ1) is 16.2. The average Bonchev–Trinajstić information content (AvgIpc) is 1.27. The molecule has 0 aliphatic heterocycles. The Kier molecular flexibility index (Phi) is 15.1. The van der Waals surface area contributed by atoms with Gasteiger partial charge in [-0.2, -0.15) is 8.42 Å². The molecule has 0 spiro atoms. The molecule has 0 fully saturated rings. The molecule has 0 aromatic rings. The van der Waals surface area contributed by atoms with Crippen molar-refractivity contribution in [3.05, 3.63) is 12.8 Å². The zero-order valence-electron chi connectivity index (χ0n) is 5.85. The largest absolute Gasteiger partial charge is 1.00 e. The molecular weight excluding hydrogens is 159 g/mol. The third kappa shape index (κ3) is 2060. The number of aliphatic hydroxyl groups is 1. The number of aliphatic hydroxyl groups excluding tert-OH is 1. The smallest absolute Gasteiger partial charge is 1.00 e. The van der Waals surface area contributed by atoms with Gasteiger partial charge in [0, 0.05) is 0 Å². The fourth-order valence-corrected chi connectivity index (χ4v) is 0. The molecule has 0 radical (unpaired) electrons. The fraction of sp³-hybridized carbons (Fsp3) is 0. The van der Waals surface area contributed by atoms with Crippen LogP contribution in [-0.4, -0.2) is 22.6 Å². The molecule has 0 aliphatic rings. The van der Waals surface area contributed by atoms with E-state index in [1.54, 1.807) is 0 Å². The molecule has 0 amide bonds. The van der Waals surface area contributed by atoms with Gasteiger partial charge in [0.15, 0.2) is 0 Å². The van der Waals surface area contributed by atoms with E-state index in [1.807, 2.05) is 0 Å². The molecule has 0 aromatic heterocycles. The van der Waals surface area contributed by atoms with Crippen LogP contribution >= 0.6 is 0 Å². The quantitative estimate of drug-likeness (QED) is 0.204. The first-order valence-electron chi connectivity index (χ1n) is 1.36. The molecular formula is C2H7NaO5S. The minimum Gasteiger partial charge on any atom is -1.00 e. The summed E-state index contributed by atoms with van der Waals surface area (Å²) in [4.78, 5) is 0. The van der Waals surface area contributed by atoms with Gasteiger partial charge in [0.2, 0.25) is 0 Å². The topological polar surface area (TPSA) is 94.8 Å². The Bertz CT molecular complexity index is 134. The van der Waals surface area contributed by atoms with Crippen molar-refractivity contribution in [3.8, 4) is 0 Å². The van der Waals surface area contributed by atoms with Gasteiger partial charge in [-0.15, -0.1) is 0 Å². The molecule has 0 saturated heterocycles. The second-order valence-electron chi connectivity index (χ2n) is 0.630. The minimum atomic E-state index is -4.67. The van der Waals surface area contributed by atoms with Crippen molar-refractivity contribution in [3.63, 3.8) is 0 Å². The van der Waals surface area contributed by atoms with E-state index in [0.717, 1.165) is 6.26 Å². The average molecular weight is 166 g/mol. The Labute approximate surface area is 76.7 Å². The van der Waals surface area contributed by atoms with Gasteiger partial charge >= 0.3 is 40.0 Å². The van der Waals surface area contributed by atoms with E-state index >= 15 is 0 Å². The molecule has 0 rings (SSSR count). The monoisotopic (exact) mass is 166 g/mol. The van der Waals surface area contributed by atoms with Crippen molar-refractivity contribution in [1.29, 1.82) is 0 Å². The molecule has 3 N–H and O–H groups in total. The first-order valence-corrected chi connectivity index (χ1v) is 2.76. The third-order valence-electron chi connectivity index (χ3n) is 0. The maximum atomic E-state index is 8.74. The molecule has 9 heavy (non-hydrogen) atoms. The fourth-order valence-electron chi connectivity index (χ4n) is 0. The summed E-state index contributed by atoms with van der Waals surface area (Å²) in [5.74, 6) is 0. The maximum Gasteiger partial charge on any atom is 1.00 e. The van der Waals surface area contributed by atoms with Gasteiger partial charge in [-0.3, -0.25) is 9.11 Å². The predicted molar refractivity (Wildman–Crippen MR) is 28.1 cm³/mol.